The Balaban J connectivity index is 1.69. The Morgan fingerprint density at radius 1 is 1.22 bits per heavy atom. The highest BCUT2D eigenvalue weighted by Crippen LogP contribution is 2.32. The van der Waals surface area contributed by atoms with Crippen molar-refractivity contribution in [2.75, 3.05) is 7.11 Å². The Morgan fingerprint density at radius 3 is 2.65 bits per heavy atom. The van der Waals surface area contributed by atoms with Crippen LogP contribution in [0.2, 0.25) is 0 Å². The van der Waals surface area contributed by atoms with Crippen LogP contribution in [-0.4, -0.2) is 18.7 Å². The van der Waals surface area contributed by atoms with Crippen molar-refractivity contribution in [2.24, 2.45) is 5.92 Å². The second-order valence-corrected chi connectivity index (χ2v) is 6.37. The summed E-state index contributed by atoms with van der Waals surface area (Å²) in [6.07, 6.45) is 3.22. The lowest BCUT2D eigenvalue weighted by atomic mass is 9.82. The zero-order chi connectivity index (χ0) is 16.4. The molecule has 3 rings (SSSR count). The fourth-order valence-corrected chi connectivity index (χ4v) is 3.26. The van der Waals surface area contributed by atoms with Gasteiger partial charge in [-0.05, 0) is 43.5 Å². The van der Waals surface area contributed by atoms with Crippen LogP contribution in [0.1, 0.15) is 50.7 Å². The third kappa shape index (κ3) is 3.31. The lowest BCUT2D eigenvalue weighted by Crippen LogP contribution is -2.28. The molecule has 1 heterocycles. The van der Waals surface area contributed by atoms with E-state index in [1.165, 1.54) is 0 Å². The molecule has 1 aliphatic carbocycles. The van der Waals surface area contributed by atoms with Gasteiger partial charge in [-0.15, -0.1) is 0 Å². The van der Waals surface area contributed by atoms with E-state index in [1.54, 1.807) is 7.11 Å². The van der Waals surface area contributed by atoms with Gasteiger partial charge in [-0.3, -0.25) is 9.59 Å². The minimum absolute atomic E-state index is 0.114. The molecule has 1 aliphatic rings. The molecule has 1 atom stereocenters. The minimum atomic E-state index is -0.393. The molecule has 0 spiro atoms. The highest BCUT2D eigenvalue weighted by molar-refractivity contribution is 6.04. The second-order valence-electron chi connectivity index (χ2n) is 6.37. The fraction of sp³-hybridized carbons (Fsp3) is 0.474. The van der Waals surface area contributed by atoms with Crippen LogP contribution in [-0.2, 0) is 9.59 Å². The number of ether oxygens (including phenoxy) is 1. The lowest BCUT2D eigenvalue weighted by Gasteiger charge is -2.20. The first-order valence-electron chi connectivity index (χ1n) is 8.21. The van der Waals surface area contributed by atoms with Crippen molar-refractivity contribution < 1.29 is 18.7 Å². The predicted molar refractivity (Wildman–Crippen MR) is 87.8 cm³/mol. The zero-order valence-corrected chi connectivity index (χ0v) is 13.6. The summed E-state index contributed by atoms with van der Waals surface area (Å²) >= 11 is 0. The van der Waals surface area contributed by atoms with Crippen molar-refractivity contribution >= 4 is 22.5 Å². The van der Waals surface area contributed by atoms with Crippen LogP contribution >= 0.6 is 0 Å². The van der Waals surface area contributed by atoms with Crippen molar-refractivity contribution in [3.63, 3.8) is 0 Å². The first kappa shape index (κ1) is 15.8. The Morgan fingerprint density at radius 2 is 1.96 bits per heavy atom. The minimum Gasteiger partial charge on any atom is -0.497 e. The number of fused-ring (bicyclic) bond motifs is 1. The smallest absolute Gasteiger partial charge is 0.143 e. The molecule has 4 nitrogen and oxygen atoms in total. The van der Waals surface area contributed by atoms with E-state index in [9.17, 15) is 9.59 Å². The summed E-state index contributed by atoms with van der Waals surface area (Å²) in [5, 5.41) is 1.01. The number of benzene rings is 1. The number of carbonyl (C=O) groups is 2. The monoisotopic (exact) mass is 314 g/mol. The topological polar surface area (TPSA) is 56.5 Å². The lowest BCUT2D eigenvalue weighted by molar-refractivity contribution is -0.135. The number of carbonyl (C=O) groups excluding carboxylic acids is 2. The second kappa shape index (κ2) is 6.57. The number of Topliss-reactive ketones (excluding diaryl/α,β-unsaturated/α-hetero) is 2. The molecule has 2 aromatic rings. The number of methoxy groups -OCH3 is 1. The van der Waals surface area contributed by atoms with E-state index in [4.69, 9.17) is 9.15 Å². The molecule has 122 valence electrons. The van der Waals surface area contributed by atoms with Gasteiger partial charge < -0.3 is 9.15 Å². The quantitative estimate of drug-likeness (QED) is 0.774. The Labute approximate surface area is 135 Å². The van der Waals surface area contributed by atoms with Gasteiger partial charge in [-0.25, -0.2) is 0 Å². The van der Waals surface area contributed by atoms with Crippen LogP contribution < -0.4 is 4.74 Å². The van der Waals surface area contributed by atoms with E-state index in [0.29, 0.717) is 19.3 Å². The Hall–Kier alpha value is -2.10. The van der Waals surface area contributed by atoms with Crippen molar-refractivity contribution in [3.8, 4) is 5.75 Å². The highest BCUT2D eigenvalue weighted by atomic mass is 16.5. The van der Waals surface area contributed by atoms with Crippen LogP contribution in [0.25, 0.3) is 11.0 Å². The number of rotatable bonds is 5. The van der Waals surface area contributed by atoms with Gasteiger partial charge in [0.15, 0.2) is 0 Å². The van der Waals surface area contributed by atoms with Crippen LogP contribution in [0.15, 0.2) is 28.7 Å². The molecule has 1 aromatic carbocycles. The van der Waals surface area contributed by atoms with Crippen LogP contribution in [0.5, 0.6) is 5.75 Å². The number of hydrogen-bond acceptors (Lipinski definition) is 4. The Bertz CT molecular complexity index is 712. The number of hydrogen-bond donors (Lipinski definition) is 0. The van der Waals surface area contributed by atoms with Crippen molar-refractivity contribution in [3.05, 3.63) is 30.0 Å². The molecule has 0 radical (unpaired) electrons. The number of ketones is 2. The van der Waals surface area contributed by atoms with E-state index in [-0.39, 0.29) is 17.5 Å². The highest BCUT2D eigenvalue weighted by Gasteiger charge is 2.30. The van der Waals surface area contributed by atoms with E-state index in [1.807, 2.05) is 24.3 Å². The summed E-state index contributed by atoms with van der Waals surface area (Å²) in [4.78, 5) is 23.8. The molecule has 0 bridgehead atoms. The largest absolute Gasteiger partial charge is 0.497 e. The maximum absolute atomic E-state index is 11.9. The summed E-state index contributed by atoms with van der Waals surface area (Å²) in [7, 11) is 1.64. The standard InChI is InChI=1S/C19H22O4/c1-12(6-8-15-16(20)4-3-5-17(15)21)19-11-13-10-14(22-2)7-9-18(13)23-19/h7,9-12,15H,3-6,8H2,1-2H3/t12-/m1/s1. The molecule has 1 saturated carbocycles. The summed E-state index contributed by atoms with van der Waals surface area (Å²) in [5.74, 6) is 1.71. The normalized spacial score (nSPS) is 17.7. The van der Waals surface area contributed by atoms with Crippen molar-refractivity contribution in [1.82, 2.24) is 0 Å². The van der Waals surface area contributed by atoms with Gasteiger partial charge in [-0.2, -0.15) is 0 Å². The van der Waals surface area contributed by atoms with Gasteiger partial charge in [0.2, 0.25) is 0 Å². The third-order valence-corrected chi connectivity index (χ3v) is 4.74. The SMILES string of the molecule is COc1ccc2oc([C@H](C)CCC3C(=O)CCCC3=O)cc2c1. The van der Waals surface area contributed by atoms with Gasteiger partial charge in [0, 0.05) is 24.1 Å². The molecule has 1 aromatic heterocycles. The predicted octanol–water partition coefficient (Wildman–Crippen LogP) is 4.26. The fourth-order valence-electron chi connectivity index (χ4n) is 3.26. The first-order valence-corrected chi connectivity index (χ1v) is 8.21. The van der Waals surface area contributed by atoms with Crippen LogP contribution in [0.4, 0.5) is 0 Å². The zero-order valence-electron chi connectivity index (χ0n) is 13.6. The molecule has 4 heteroatoms. The molecule has 23 heavy (non-hydrogen) atoms. The summed E-state index contributed by atoms with van der Waals surface area (Å²) in [6.45, 7) is 2.08. The molecule has 0 saturated heterocycles. The van der Waals surface area contributed by atoms with Gasteiger partial charge in [0.05, 0.1) is 13.0 Å². The van der Waals surface area contributed by atoms with Gasteiger partial charge >= 0.3 is 0 Å². The van der Waals surface area contributed by atoms with E-state index < -0.39 is 5.92 Å². The van der Waals surface area contributed by atoms with Gasteiger partial charge in [0.25, 0.3) is 0 Å². The molecule has 0 amide bonds. The van der Waals surface area contributed by atoms with Crippen LogP contribution in [0, 0.1) is 5.92 Å². The number of furan rings is 1. The molecular formula is C19H22O4. The van der Waals surface area contributed by atoms with Crippen LogP contribution in [0.3, 0.4) is 0 Å². The van der Waals surface area contributed by atoms with E-state index in [2.05, 4.69) is 6.92 Å². The van der Waals surface area contributed by atoms with Crippen molar-refractivity contribution in [2.45, 2.75) is 44.9 Å². The summed E-state index contributed by atoms with van der Waals surface area (Å²) < 4.78 is 11.1. The van der Waals surface area contributed by atoms with Gasteiger partial charge in [0.1, 0.15) is 28.7 Å². The average Bonchev–Trinajstić information content (AvgIpc) is 2.97. The molecule has 0 unspecified atom stereocenters. The van der Waals surface area contributed by atoms with Gasteiger partial charge in [-0.1, -0.05) is 6.92 Å². The Kier molecular flexibility index (Phi) is 4.51. The molecule has 1 fully saturated rings. The van der Waals surface area contributed by atoms with E-state index in [0.717, 1.165) is 35.3 Å². The maximum atomic E-state index is 11.9. The average molecular weight is 314 g/mol. The molecule has 0 aliphatic heterocycles. The summed E-state index contributed by atoms with van der Waals surface area (Å²) in [5.41, 5.74) is 0.831. The maximum Gasteiger partial charge on any atom is 0.143 e. The molecule has 0 N–H and O–H groups in total. The third-order valence-electron chi connectivity index (χ3n) is 4.74. The summed E-state index contributed by atoms with van der Waals surface area (Å²) in [6, 6.07) is 7.74. The van der Waals surface area contributed by atoms with E-state index >= 15 is 0 Å². The van der Waals surface area contributed by atoms with Crippen molar-refractivity contribution in [1.29, 1.82) is 0 Å². The first-order chi connectivity index (χ1) is 11.1. The molecular weight excluding hydrogens is 292 g/mol.